The fraction of sp³-hybridized carbons (Fsp3) is 0.529. The summed E-state index contributed by atoms with van der Waals surface area (Å²) in [5, 5.41) is 0. The standard InChI is InChI=1S/C17H22N2O2/c1-17(2,3)19-11-13(10-15(19)20)16(21)18-9-8-12-6-4-5-7-14(12)18/h4-7,13H,8-11H2,1-3H3. The van der Waals surface area contributed by atoms with E-state index in [1.165, 1.54) is 5.56 Å². The molecule has 1 atom stereocenters. The number of para-hydroxylation sites is 1. The molecule has 0 radical (unpaired) electrons. The van der Waals surface area contributed by atoms with Crippen LogP contribution in [0.5, 0.6) is 0 Å². The molecule has 0 aliphatic carbocycles. The molecule has 0 bridgehead atoms. The molecule has 2 aliphatic heterocycles. The van der Waals surface area contributed by atoms with E-state index in [9.17, 15) is 9.59 Å². The molecular weight excluding hydrogens is 264 g/mol. The van der Waals surface area contributed by atoms with Gasteiger partial charge in [0.15, 0.2) is 0 Å². The maximum absolute atomic E-state index is 12.8. The van der Waals surface area contributed by atoms with Crippen LogP contribution in [0.2, 0.25) is 0 Å². The lowest BCUT2D eigenvalue weighted by molar-refractivity contribution is -0.131. The molecular formula is C17H22N2O2. The zero-order valence-electron chi connectivity index (χ0n) is 12.9. The monoisotopic (exact) mass is 286 g/mol. The first-order chi connectivity index (χ1) is 9.88. The minimum atomic E-state index is -0.213. The molecule has 0 aromatic heterocycles. The summed E-state index contributed by atoms with van der Waals surface area (Å²) < 4.78 is 0. The molecule has 4 heteroatoms. The summed E-state index contributed by atoms with van der Waals surface area (Å²) >= 11 is 0. The number of fused-ring (bicyclic) bond motifs is 1. The van der Waals surface area contributed by atoms with Gasteiger partial charge in [-0.05, 0) is 38.8 Å². The fourth-order valence-electron chi connectivity index (χ4n) is 3.31. The molecule has 1 aromatic rings. The van der Waals surface area contributed by atoms with Crippen LogP contribution in [0.15, 0.2) is 24.3 Å². The van der Waals surface area contributed by atoms with Crippen LogP contribution >= 0.6 is 0 Å². The first kappa shape index (κ1) is 14.1. The quantitative estimate of drug-likeness (QED) is 0.794. The highest BCUT2D eigenvalue weighted by Crippen LogP contribution is 2.32. The predicted octanol–water partition coefficient (Wildman–Crippen LogP) is 2.22. The second-order valence-electron chi connectivity index (χ2n) is 6.94. The third-order valence-electron chi connectivity index (χ3n) is 4.44. The molecule has 2 aliphatic rings. The summed E-state index contributed by atoms with van der Waals surface area (Å²) in [4.78, 5) is 28.6. The largest absolute Gasteiger partial charge is 0.337 e. The van der Waals surface area contributed by atoms with E-state index in [-0.39, 0.29) is 23.3 Å². The van der Waals surface area contributed by atoms with Crippen molar-refractivity contribution in [1.82, 2.24) is 4.90 Å². The number of amides is 2. The summed E-state index contributed by atoms with van der Waals surface area (Å²) in [6, 6.07) is 8.04. The maximum atomic E-state index is 12.8. The Kier molecular flexibility index (Phi) is 3.27. The first-order valence-corrected chi connectivity index (χ1v) is 7.57. The van der Waals surface area contributed by atoms with Crippen LogP contribution in [-0.4, -0.2) is 35.3 Å². The number of carbonyl (C=O) groups is 2. The Bertz CT molecular complexity index is 589. The van der Waals surface area contributed by atoms with Crippen molar-refractivity contribution in [2.24, 2.45) is 5.92 Å². The van der Waals surface area contributed by atoms with E-state index >= 15 is 0 Å². The third kappa shape index (κ3) is 2.43. The minimum absolute atomic E-state index is 0.0910. The molecule has 2 amide bonds. The number of anilines is 1. The molecule has 2 heterocycles. The SMILES string of the molecule is CC(C)(C)N1CC(C(=O)N2CCc3ccccc32)CC1=O. The van der Waals surface area contributed by atoms with Crippen LogP contribution in [0.4, 0.5) is 5.69 Å². The van der Waals surface area contributed by atoms with Crippen molar-refractivity contribution in [2.45, 2.75) is 39.2 Å². The van der Waals surface area contributed by atoms with Crippen LogP contribution in [0.25, 0.3) is 0 Å². The van der Waals surface area contributed by atoms with E-state index < -0.39 is 0 Å². The predicted molar refractivity (Wildman–Crippen MR) is 82.1 cm³/mol. The highest BCUT2D eigenvalue weighted by Gasteiger charge is 2.41. The molecule has 3 rings (SSSR count). The molecule has 1 unspecified atom stereocenters. The number of benzene rings is 1. The Hall–Kier alpha value is -1.84. The highest BCUT2D eigenvalue weighted by atomic mass is 16.2. The molecule has 112 valence electrons. The van der Waals surface area contributed by atoms with Gasteiger partial charge >= 0.3 is 0 Å². The number of hydrogen-bond donors (Lipinski definition) is 0. The normalized spacial score (nSPS) is 21.9. The second-order valence-corrected chi connectivity index (χ2v) is 6.94. The van der Waals surface area contributed by atoms with E-state index in [1.54, 1.807) is 0 Å². The topological polar surface area (TPSA) is 40.6 Å². The van der Waals surface area contributed by atoms with Crippen LogP contribution < -0.4 is 4.90 Å². The van der Waals surface area contributed by atoms with Crippen LogP contribution in [-0.2, 0) is 16.0 Å². The van der Waals surface area contributed by atoms with Crippen molar-refractivity contribution in [3.63, 3.8) is 0 Å². The van der Waals surface area contributed by atoms with Crippen LogP contribution in [0.3, 0.4) is 0 Å². The Morgan fingerprint density at radius 2 is 1.95 bits per heavy atom. The Labute approximate surface area is 125 Å². The van der Waals surface area contributed by atoms with E-state index in [4.69, 9.17) is 0 Å². The number of rotatable bonds is 1. The van der Waals surface area contributed by atoms with Gasteiger partial charge in [-0.15, -0.1) is 0 Å². The maximum Gasteiger partial charge on any atom is 0.232 e. The average molecular weight is 286 g/mol. The smallest absolute Gasteiger partial charge is 0.232 e. The van der Waals surface area contributed by atoms with Crippen molar-refractivity contribution in [3.05, 3.63) is 29.8 Å². The lowest BCUT2D eigenvalue weighted by Crippen LogP contribution is -2.43. The molecule has 0 saturated carbocycles. The van der Waals surface area contributed by atoms with Gasteiger partial charge in [0.05, 0.1) is 5.92 Å². The van der Waals surface area contributed by atoms with Gasteiger partial charge < -0.3 is 9.80 Å². The summed E-state index contributed by atoms with van der Waals surface area (Å²) in [6.07, 6.45) is 1.25. The molecule has 1 aromatic carbocycles. The van der Waals surface area contributed by atoms with Crippen molar-refractivity contribution < 1.29 is 9.59 Å². The summed E-state index contributed by atoms with van der Waals surface area (Å²) in [6.45, 7) is 7.33. The van der Waals surface area contributed by atoms with Crippen molar-refractivity contribution in [2.75, 3.05) is 18.0 Å². The van der Waals surface area contributed by atoms with Gasteiger partial charge in [0, 0.05) is 30.7 Å². The van der Waals surface area contributed by atoms with Gasteiger partial charge in [-0.3, -0.25) is 9.59 Å². The third-order valence-corrected chi connectivity index (χ3v) is 4.44. The van der Waals surface area contributed by atoms with E-state index in [1.807, 2.05) is 48.8 Å². The zero-order valence-corrected chi connectivity index (χ0v) is 12.9. The van der Waals surface area contributed by atoms with E-state index in [0.717, 1.165) is 18.7 Å². The zero-order chi connectivity index (χ0) is 15.2. The molecule has 0 N–H and O–H groups in total. The average Bonchev–Trinajstić information content (AvgIpc) is 3.01. The van der Waals surface area contributed by atoms with Gasteiger partial charge in [-0.1, -0.05) is 18.2 Å². The fourth-order valence-corrected chi connectivity index (χ4v) is 3.31. The van der Waals surface area contributed by atoms with Gasteiger partial charge in [0.1, 0.15) is 0 Å². The Morgan fingerprint density at radius 3 is 2.62 bits per heavy atom. The second kappa shape index (κ2) is 4.86. The van der Waals surface area contributed by atoms with E-state index in [0.29, 0.717) is 13.0 Å². The Balaban J connectivity index is 1.78. The lowest BCUT2D eigenvalue weighted by atomic mass is 10.1. The summed E-state index contributed by atoms with van der Waals surface area (Å²) in [7, 11) is 0. The molecule has 1 saturated heterocycles. The molecule has 1 fully saturated rings. The number of carbonyl (C=O) groups excluding carboxylic acids is 2. The first-order valence-electron chi connectivity index (χ1n) is 7.57. The van der Waals surface area contributed by atoms with Crippen molar-refractivity contribution >= 4 is 17.5 Å². The van der Waals surface area contributed by atoms with Crippen molar-refractivity contribution in [1.29, 1.82) is 0 Å². The Morgan fingerprint density at radius 1 is 1.24 bits per heavy atom. The molecule has 21 heavy (non-hydrogen) atoms. The van der Waals surface area contributed by atoms with Gasteiger partial charge in [0.25, 0.3) is 0 Å². The van der Waals surface area contributed by atoms with Crippen LogP contribution in [0.1, 0.15) is 32.8 Å². The lowest BCUT2D eigenvalue weighted by Gasteiger charge is -2.32. The van der Waals surface area contributed by atoms with Gasteiger partial charge in [-0.25, -0.2) is 0 Å². The van der Waals surface area contributed by atoms with Gasteiger partial charge in [0.2, 0.25) is 11.8 Å². The minimum Gasteiger partial charge on any atom is -0.337 e. The van der Waals surface area contributed by atoms with Crippen molar-refractivity contribution in [3.8, 4) is 0 Å². The van der Waals surface area contributed by atoms with E-state index in [2.05, 4.69) is 6.07 Å². The number of likely N-dealkylation sites (tertiary alicyclic amines) is 1. The van der Waals surface area contributed by atoms with Gasteiger partial charge in [-0.2, -0.15) is 0 Å². The summed E-state index contributed by atoms with van der Waals surface area (Å²) in [5.74, 6) is -0.0173. The highest BCUT2D eigenvalue weighted by molar-refractivity contribution is 6.00. The molecule has 0 spiro atoms. The number of nitrogens with zero attached hydrogens (tertiary/aromatic N) is 2. The molecule has 4 nitrogen and oxygen atoms in total. The van der Waals surface area contributed by atoms with Crippen LogP contribution in [0, 0.1) is 5.92 Å². The summed E-state index contributed by atoms with van der Waals surface area (Å²) in [5.41, 5.74) is 2.03. The number of hydrogen-bond acceptors (Lipinski definition) is 2.